The number of halogens is 6. The van der Waals surface area contributed by atoms with E-state index in [9.17, 15) is 36.5 Å². The smallest absolute Gasteiger partial charge is 0.337 e. The zero-order chi connectivity index (χ0) is 25.4. The predicted molar refractivity (Wildman–Crippen MR) is 116 cm³/mol. The first-order chi connectivity index (χ1) is 16.4. The van der Waals surface area contributed by atoms with Crippen LogP contribution in [0.25, 0.3) is 11.0 Å². The lowest BCUT2D eigenvalue weighted by atomic mass is 10.2. The van der Waals surface area contributed by atoms with Crippen molar-refractivity contribution in [1.82, 2.24) is 9.97 Å². The molecule has 1 heterocycles. The molecule has 0 amide bonds. The van der Waals surface area contributed by atoms with E-state index in [1.807, 2.05) is 0 Å². The number of hydrogen-bond donors (Lipinski definition) is 2. The monoisotopic (exact) mass is 493 g/mol. The van der Waals surface area contributed by atoms with Crippen LogP contribution in [-0.2, 0) is 12.4 Å². The zero-order valence-electron chi connectivity index (χ0n) is 17.3. The first-order valence-corrected chi connectivity index (χ1v) is 9.75. The van der Waals surface area contributed by atoms with E-state index in [2.05, 4.69) is 20.6 Å². The van der Waals surface area contributed by atoms with E-state index in [1.54, 1.807) is 0 Å². The first-order valence-electron chi connectivity index (χ1n) is 9.75. The number of anilines is 4. The molecule has 0 bridgehead atoms. The highest BCUT2D eigenvalue weighted by molar-refractivity contribution is 5.85. The predicted octanol–water partition coefficient (Wildman–Crippen LogP) is 7.06. The molecule has 7 nitrogen and oxygen atoms in total. The summed E-state index contributed by atoms with van der Waals surface area (Å²) in [5, 5.41) is 16.5. The minimum absolute atomic E-state index is 0.0116. The van der Waals surface area contributed by atoms with Crippen LogP contribution < -0.4 is 10.6 Å². The molecule has 1 aromatic heterocycles. The average Bonchev–Trinajstić information content (AvgIpc) is 2.78. The molecule has 0 unspecified atom stereocenters. The molecule has 0 saturated heterocycles. The summed E-state index contributed by atoms with van der Waals surface area (Å²) in [6.07, 6.45) is -9.22. The Morgan fingerprint density at radius 3 is 1.63 bits per heavy atom. The van der Waals surface area contributed by atoms with Gasteiger partial charge < -0.3 is 10.6 Å². The van der Waals surface area contributed by atoms with Gasteiger partial charge in [-0.1, -0.05) is 12.1 Å². The molecule has 0 radical (unpaired) electrons. The van der Waals surface area contributed by atoms with Gasteiger partial charge in [0.15, 0.2) is 11.6 Å². The summed E-state index contributed by atoms with van der Waals surface area (Å²) in [5.41, 5.74) is -2.01. The molecule has 4 rings (SSSR count). The molecule has 4 aromatic rings. The standard InChI is InChI=1S/C22H13F6N5O2/c23-21(24,25)12-3-1-5-14(9-12)29-19-20(30-15-6-2-4-13(10-15)22(26,27)28)32-18-11-16(33(34)35)7-8-17(18)31-19/h1-11H,(H,29,31)(H,30,32). The fraction of sp³-hybridized carbons (Fsp3) is 0.0909. The van der Waals surface area contributed by atoms with Crippen LogP contribution in [0, 0.1) is 10.1 Å². The number of nitrogens with zero attached hydrogens (tertiary/aromatic N) is 3. The van der Waals surface area contributed by atoms with Crippen molar-refractivity contribution in [2.75, 3.05) is 10.6 Å². The highest BCUT2D eigenvalue weighted by atomic mass is 19.4. The lowest BCUT2D eigenvalue weighted by Crippen LogP contribution is -2.08. The number of benzene rings is 3. The third-order valence-corrected chi connectivity index (χ3v) is 4.76. The number of aromatic nitrogens is 2. The maximum Gasteiger partial charge on any atom is 0.416 e. The van der Waals surface area contributed by atoms with Gasteiger partial charge in [-0.15, -0.1) is 0 Å². The molecule has 3 aromatic carbocycles. The maximum atomic E-state index is 13.1. The fourth-order valence-electron chi connectivity index (χ4n) is 3.15. The molecule has 0 spiro atoms. The Kier molecular flexibility index (Phi) is 5.92. The Labute approximate surface area is 192 Å². The van der Waals surface area contributed by atoms with Crippen LogP contribution in [-0.4, -0.2) is 14.9 Å². The van der Waals surface area contributed by atoms with Crippen molar-refractivity contribution in [2.45, 2.75) is 12.4 Å². The first kappa shape index (κ1) is 23.7. The summed E-state index contributed by atoms with van der Waals surface area (Å²) in [6, 6.07) is 12.0. The second kappa shape index (κ2) is 8.74. The van der Waals surface area contributed by atoms with E-state index in [0.717, 1.165) is 36.4 Å². The van der Waals surface area contributed by atoms with Crippen LogP contribution >= 0.6 is 0 Å². The van der Waals surface area contributed by atoms with Crippen LogP contribution in [0.5, 0.6) is 0 Å². The van der Waals surface area contributed by atoms with E-state index in [0.29, 0.717) is 0 Å². The second-order valence-corrected chi connectivity index (χ2v) is 7.26. The lowest BCUT2D eigenvalue weighted by molar-refractivity contribution is -0.384. The van der Waals surface area contributed by atoms with Gasteiger partial charge in [-0.05, 0) is 42.5 Å². The SMILES string of the molecule is O=[N+]([O-])c1ccc2nc(Nc3cccc(C(F)(F)F)c3)c(Nc3cccc(C(F)(F)F)c3)nc2c1. The van der Waals surface area contributed by atoms with Crippen molar-refractivity contribution in [3.05, 3.63) is 88.0 Å². The van der Waals surface area contributed by atoms with Crippen molar-refractivity contribution in [1.29, 1.82) is 0 Å². The molecule has 0 aliphatic carbocycles. The van der Waals surface area contributed by atoms with Gasteiger partial charge in [0.25, 0.3) is 5.69 Å². The Balaban J connectivity index is 1.80. The Bertz CT molecular complexity index is 1420. The molecular weight excluding hydrogens is 480 g/mol. The number of alkyl halides is 6. The molecule has 0 fully saturated rings. The normalized spacial score (nSPS) is 11.9. The van der Waals surface area contributed by atoms with Crippen molar-refractivity contribution in [3.63, 3.8) is 0 Å². The molecule has 0 aliphatic heterocycles. The van der Waals surface area contributed by atoms with Gasteiger partial charge in [0.05, 0.1) is 27.1 Å². The highest BCUT2D eigenvalue weighted by Gasteiger charge is 2.31. The van der Waals surface area contributed by atoms with Gasteiger partial charge in [0.1, 0.15) is 0 Å². The van der Waals surface area contributed by atoms with Crippen molar-refractivity contribution < 1.29 is 31.3 Å². The highest BCUT2D eigenvalue weighted by Crippen LogP contribution is 2.35. The summed E-state index contributed by atoms with van der Waals surface area (Å²) < 4.78 is 78.6. The van der Waals surface area contributed by atoms with Crippen molar-refractivity contribution >= 4 is 39.7 Å². The Morgan fingerprint density at radius 2 is 1.17 bits per heavy atom. The van der Waals surface area contributed by atoms with Crippen LogP contribution in [0.1, 0.15) is 11.1 Å². The summed E-state index contributed by atoms with van der Waals surface area (Å²) in [6.45, 7) is 0. The topological polar surface area (TPSA) is 93.0 Å². The maximum absolute atomic E-state index is 13.1. The number of nitrogens with one attached hydrogen (secondary N) is 2. The molecule has 2 N–H and O–H groups in total. The minimum Gasteiger partial charge on any atom is -0.337 e. The van der Waals surface area contributed by atoms with Gasteiger partial charge in [0, 0.05) is 23.5 Å². The molecule has 180 valence electrons. The van der Waals surface area contributed by atoms with E-state index in [-0.39, 0.29) is 39.7 Å². The molecule has 0 atom stereocenters. The third-order valence-electron chi connectivity index (χ3n) is 4.76. The second-order valence-electron chi connectivity index (χ2n) is 7.26. The number of fused-ring (bicyclic) bond motifs is 1. The summed E-state index contributed by atoms with van der Waals surface area (Å²) >= 11 is 0. The van der Waals surface area contributed by atoms with Gasteiger partial charge in [-0.3, -0.25) is 10.1 Å². The van der Waals surface area contributed by atoms with Gasteiger partial charge in [-0.25, -0.2) is 9.97 Å². The van der Waals surface area contributed by atoms with Crippen LogP contribution in [0.3, 0.4) is 0 Å². The van der Waals surface area contributed by atoms with E-state index in [1.165, 1.54) is 30.3 Å². The number of rotatable bonds is 5. The van der Waals surface area contributed by atoms with Crippen molar-refractivity contribution in [3.8, 4) is 0 Å². The van der Waals surface area contributed by atoms with E-state index in [4.69, 9.17) is 0 Å². The number of non-ortho nitro benzene ring substituents is 1. The largest absolute Gasteiger partial charge is 0.416 e. The summed E-state index contributed by atoms with van der Waals surface area (Å²) in [4.78, 5) is 18.9. The third kappa shape index (κ3) is 5.39. The molecule has 13 heteroatoms. The summed E-state index contributed by atoms with van der Waals surface area (Å²) in [5.74, 6) is -0.266. The molecule has 0 saturated carbocycles. The fourth-order valence-corrected chi connectivity index (χ4v) is 3.15. The van der Waals surface area contributed by atoms with Crippen LogP contribution in [0.4, 0.5) is 55.0 Å². The number of nitro benzene ring substituents is 1. The Morgan fingerprint density at radius 1 is 0.686 bits per heavy atom. The van der Waals surface area contributed by atoms with Crippen LogP contribution in [0.2, 0.25) is 0 Å². The Hall–Kier alpha value is -4.42. The van der Waals surface area contributed by atoms with E-state index >= 15 is 0 Å². The van der Waals surface area contributed by atoms with Gasteiger partial charge in [-0.2, -0.15) is 26.3 Å². The minimum atomic E-state index is -4.62. The van der Waals surface area contributed by atoms with Crippen LogP contribution in [0.15, 0.2) is 66.7 Å². The number of nitro groups is 1. The molecular formula is C22H13F6N5O2. The van der Waals surface area contributed by atoms with E-state index < -0.39 is 28.4 Å². The van der Waals surface area contributed by atoms with Gasteiger partial charge in [0.2, 0.25) is 0 Å². The average molecular weight is 493 g/mol. The molecule has 35 heavy (non-hydrogen) atoms. The summed E-state index contributed by atoms with van der Waals surface area (Å²) in [7, 11) is 0. The zero-order valence-corrected chi connectivity index (χ0v) is 17.3. The lowest BCUT2D eigenvalue weighted by Gasteiger charge is -2.15. The molecule has 0 aliphatic rings. The quantitative estimate of drug-likeness (QED) is 0.176. The number of hydrogen-bond acceptors (Lipinski definition) is 6. The van der Waals surface area contributed by atoms with Crippen molar-refractivity contribution in [2.24, 2.45) is 0 Å². The van der Waals surface area contributed by atoms with Gasteiger partial charge >= 0.3 is 12.4 Å².